The van der Waals surface area contributed by atoms with Crippen molar-refractivity contribution in [2.75, 3.05) is 31.1 Å². The van der Waals surface area contributed by atoms with Gasteiger partial charge in [-0.1, -0.05) is 0 Å². The molecule has 5 nitrogen and oxygen atoms in total. The third-order valence-electron chi connectivity index (χ3n) is 4.03. The van der Waals surface area contributed by atoms with Crippen LogP contribution in [0, 0.1) is 15.9 Å². The van der Waals surface area contributed by atoms with Crippen LogP contribution in [-0.4, -0.2) is 42.0 Å². The first-order valence-corrected chi connectivity index (χ1v) is 6.57. The van der Waals surface area contributed by atoms with Crippen molar-refractivity contribution in [1.29, 1.82) is 0 Å². The van der Waals surface area contributed by atoms with Gasteiger partial charge < -0.3 is 4.90 Å². The zero-order valence-electron chi connectivity index (χ0n) is 10.6. The molecule has 0 radical (unpaired) electrons. The number of benzene rings is 1. The second kappa shape index (κ2) is 4.77. The van der Waals surface area contributed by atoms with Crippen molar-refractivity contribution in [2.24, 2.45) is 0 Å². The van der Waals surface area contributed by atoms with E-state index in [0.717, 1.165) is 38.7 Å². The molecule has 0 saturated carbocycles. The van der Waals surface area contributed by atoms with E-state index in [-0.39, 0.29) is 5.69 Å². The summed E-state index contributed by atoms with van der Waals surface area (Å²) in [5.41, 5.74) is 0.446. The van der Waals surface area contributed by atoms with E-state index in [2.05, 4.69) is 9.80 Å². The molecule has 0 N–H and O–H groups in total. The lowest BCUT2D eigenvalue weighted by Crippen LogP contribution is -2.50. The van der Waals surface area contributed by atoms with E-state index in [1.54, 1.807) is 0 Å². The van der Waals surface area contributed by atoms with Gasteiger partial charge in [-0.05, 0) is 25.5 Å². The van der Waals surface area contributed by atoms with Crippen LogP contribution in [0.15, 0.2) is 18.2 Å². The highest BCUT2D eigenvalue weighted by Gasteiger charge is 2.31. The number of hydrogen-bond acceptors (Lipinski definition) is 4. The molecule has 2 aliphatic heterocycles. The second-order valence-corrected chi connectivity index (χ2v) is 5.20. The number of nitro benzene ring substituents is 1. The van der Waals surface area contributed by atoms with Crippen molar-refractivity contribution < 1.29 is 9.31 Å². The molecule has 1 aromatic rings. The predicted octanol–water partition coefficient (Wildman–Crippen LogP) is 2.02. The Hall–Kier alpha value is -1.69. The Morgan fingerprint density at radius 3 is 2.89 bits per heavy atom. The lowest BCUT2D eigenvalue weighted by Gasteiger charge is -2.38. The molecular weight excluding hydrogens is 249 g/mol. The van der Waals surface area contributed by atoms with Gasteiger partial charge in [0.2, 0.25) is 0 Å². The molecule has 1 aromatic carbocycles. The van der Waals surface area contributed by atoms with Crippen LogP contribution in [0.1, 0.15) is 12.8 Å². The first kappa shape index (κ1) is 12.3. The van der Waals surface area contributed by atoms with Crippen LogP contribution in [-0.2, 0) is 0 Å². The summed E-state index contributed by atoms with van der Waals surface area (Å²) in [4.78, 5) is 14.7. The number of rotatable bonds is 2. The van der Waals surface area contributed by atoms with Crippen molar-refractivity contribution in [3.05, 3.63) is 34.1 Å². The van der Waals surface area contributed by atoms with Crippen LogP contribution in [0.25, 0.3) is 0 Å². The Morgan fingerprint density at radius 2 is 2.11 bits per heavy atom. The summed E-state index contributed by atoms with van der Waals surface area (Å²) in [6.45, 7) is 3.73. The molecule has 2 aliphatic rings. The van der Waals surface area contributed by atoms with E-state index < -0.39 is 10.7 Å². The average molecular weight is 265 g/mol. The molecule has 1 atom stereocenters. The van der Waals surface area contributed by atoms with Gasteiger partial charge in [-0.15, -0.1) is 0 Å². The summed E-state index contributed by atoms with van der Waals surface area (Å²) in [6, 6.07) is 4.33. The Bertz CT molecular complexity index is 509. The highest BCUT2D eigenvalue weighted by Crippen LogP contribution is 2.28. The van der Waals surface area contributed by atoms with Crippen LogP contribution in [0.4, 0.5) is 15.8 Å². The third kappa shape index (κ3) is 2.40. The largest absolute Gasteiger partial charge is 0.368 e. The summed E-state index contributed by atoms with van der Waals surface area (Å²) < 4.78 is 13.5. The SMILES string of the molecule is O=[N+]([O-])c1cc(F)cc(N2CCN3CCCC3C2)c1. The van der Waals surface area contributed by atoms with Crippen LogP contribution in [0.2, 0.25) is 0 Å². The topological polar surface area (TPSA) is 49.6 Å². The van der Waals surface area contributed by atoms with Crippen LogP contribution in [0.5, 0.6) is 0 Å². The van der Waals surface area contributed by atoms with E-state index in [1.807, 2.05) is 0 Å². The summed E-state index contributed by atoms with van der Waals surface area (Å²) >= 11 is 0. The molecule has 0 spiro atoms. The lowest BCUT2D eigenvalue weighted by atomic mass is 10.1. The Kier molecular flexibility index (Phi) is 3.10. The normalized spacial score (nSPS) is 23.4. The number of non-ortho nitro benzene ring substituents is 1. The van der Waals surface area contributed by atoms with Gasteiger partial charge in [-0.25, -0.2) is 4.39 Å². The molecule has 19 heavy (non-hydrogen) atoms. The van der Waals surface area contributed by atoms with Crippen molar-refractivity contribution in [1.82, 2.24) is 4.90 Å². The molecule has 0 bridgehead atoms. The summed E-state index contributed by atoms with van der Waals surface area (Å²) in [7, 11) is 0. The number of fused-ring (bicyclic) bond motifs is 1. The molecule has 2 saturated heterocycles. The number of hydrogen-bond donors (Lipinski definition) is 0. The predicted molar refractivity (Wildman–Crippen MR) is 69.9 cm³/mol. The minimum Gasteiger partial charge on any atom is -0.368 e. The first-order valence-electron chi connectivity index (χ1n) is 6.57. The zero-order valence-corrected chi connectivity index (χ0v) is 10.6. The minimum absolute atomic E-state index is 0.177. The van der Waals surface area contributed by atoms with Gasteiger partial charge in [0.25, 0.3) is 5.69 Å². The maximum absolute atomic E-state index is 13.5. The van der Waals surface area contributed by atoms with Gasteiger partial charge in [0.15, 0.2) is 0 Å². The molecule has 0 amide bonds. The van der Waals surface area contributed by atoms with E-state index in [0.29, 0.717) is 11.7 Å². The van der Waals surface area contributed by atoms with Crippen molar-refractivity contribution in [3.8, 4) is 0 Å². The fourth-order valence-corrected chi connectivity index (χ4v) is 3.07. The Labute approximate surface area is 110 Å². The summed E-state index contributed by atoms with van der Waals surface area (Å²) in [5.74, 6) is -0.543. The van der Waals surface area contributed by atoms with Crippen LogP contribution >= 0.6 is 0 Å². The number of anilines is 1. The zero-order chi connectivity index (χ0) is 13.4. The molecule has 2 heterocycles. The summed E-state index contributed by atoms with van der Waals surface area (Å²) in [6.07, 6.45) is 2.37. The second-order valence-electron chi connectivity index (χ2n) is 5.20. The quantitative estimate of drug-likeness (QED) is 0.606. The fraction of sp³-hybridized carbons (Fsp3) is 0.538. The van der Waals surface area contributed by atoms with Gasteiger partial charge in [-0.3, -0.25) is 15.0 Å². The highest BCUT2D eigenvalue weighted by molar-refractivity contribution is 5.54. The van der Waals surface area contributed by atoms with Gasteiger partial charge in [0.1, 0.15) is 5.82 Å². The maximum Gasteiger partial charge on any atom is 0.274 e. The van der Waals surface area contributed by atoms with E-state index in [9.17, 15) is 14.5 Å². The van der Waals surface area contributed by atoms with Crippen molar-refractivity contribution in [2.45, 2.75) is 18.9 Å². The Balaban J connectivity index is 1.83. The van der Waals surface area contributed by atoms with Gasteiger partial charge in [0.05, 0.1) is 11.0 Å². The smallest absolute Gasteiger partial charge is 0.274 e. The van der Waals surface area contributed by atoms with E-state index in [4.69, 9.17) is 0 Å². The number of halogens is 1. The Morgan fingerprint density at radius 1 is 1.26 bits per heavy atom. The maximum atomic E-state index is 13.5. The van der Waals surface area contributed by atoms with Crippen molar-refractivity contribution >= 4 is 11.4 Å². The standard InChI is InChI=1S/C13H16FN3O2/c14-10-6-12(8-13(7-10)17(18)19)16-5-4-15-3-1-2-11(15)9-16/h6-8,11H,1-5,9H2. The number of nitro groups is 1. The van der Waals surface area contributed by atoms with Crippen LogP contribution < -0.4 is 4.90 Å². The fourth-order valence-electron chi connectivity index (χ4n) is 3.07. The number of nitrogens with zero attached hydrogens (tertiary/aromatic N) is 3. The summed E-state index contributed by atoms with van der Waals surface area (Å²) in [5, 5.41) is 10.8. The molecule has 0 aliphatic carbocycles. The average Bonchev–Trinajstić information content (AvgIpc) is 2.85. The molecular formula is C13H16FN3O2. The molecule has 1 unspecified atom stereocenters. The van der Waals surface area contributed by atoms with Gasteiger partial charge in [-0.2, -0.15) is 0 Å². The molecule has 102 valence electrons. The van der Waals surface area contributed by atoms with E-state index in [1.165, 1.54) is 18.6 Å². The number of piperazine rings is 1. The first-order chi connectivity index (χ1) is 9.13. The minimum atomic E-state index is -0.543. The van der Waals surface area contributed by atoms with Crippen LogP contribution in [0.3, 0.4) is 0 Å². The molecule has 6 heteroatoms. The molecule has 0 aromatic heterocycles. The highest BCUT2D eigenvalue weighted by atomic mass is 19.1. The molecule has 2 fully saturated rings. The van der Waals surface area contributed by atoms with Gasteiger partial charge >= 0.3 is 0 Å². The van der Waals surface area contributed by atoms with E-state index >= 15 is 0 Å². The van der Waals surface area contributed by atoms with Gasteiger partial charge in [0, 0.05) is 37.4 Å². The van der Waals surface area contributed by atoms with Crippen molar-refractivity contribution in [3.63, 3.8) is 0 Å². The lowest BCUT2D eigenvalue weighted by molar-refractivity contribution is -0.385. The molecule has 3 rings (SSSR count). The third-order valence-corrected chi connectivity index (χ3v) is 4.03. The monoisotopic (exact) mass is 265 g/mol.